The average Bonchev–Trinajstić information content (AvgIpc) is 2.77. The molecule has 2 nitrogen and oxygen atoms in total. The third kappa shape index (κ3) is 2.99. The lowest BCUT2D eigenvalue weighted by molar-refractivity contribution is 0.544. The number of furan rings is 1. The first-order valence-corrected chi connectivity index (χ1v) is 6.43. The van der Waals surface area contributed by atoms with Crippen LogP contribution in [0.25, 0.3) is 24.0 Å². The highest BCUT2D eigenvalue weighted by Crippen LogP contribution is 2.16. The van der Waals surface area contributed by atoms with Crippen molar-refractivity contribution >= 4 is 12.7 Å². The van der Waals surface area contributed by atoms with Crippen molar-refractivity contribution in [2.24, 2.45) is 0 Å². The third-order valence-corrected chi connectivity index (χ3v) is 3.05. The fraction of sp³-hybridized carbons (Fsp3) is 0.176. The second-order valence-electron chi connectivity index (χ2n) is 4.82. The molecule has 0 spiro atoms. The fourth-order valence-corrected chi connectivity index (χ4v) is 1.92. The highest BCUT2D eigenvalue weighted by atomic mass is 19.1. The van der Waals surface area contributed by atoms with E-state index in [1.807, 2.05) is 33.0 Å². The Labute approximate surface area is 117 Å². The summed E-state index contributed by atoms with van der Waals surface area (Å²) in [6.45, 7) is 8.03. The van der Waals surface area contributed by atoms with Crippen molar-refractivity contribution < 1.29 is 8.81 Å². The van der Waals surface area contributed by atoms with Gasteiger partial charge in [0.2, 0.25) is 0 Å². The molecule has 0 aliphatic carbocycles. The zero-order valence-corrected chi connectivity index (χ0v) is 12.0. The average molecular weight is 271 g/mol. The largest absolute Gasteiger partial charge is 0.456 e. The molecule has 2 rings (SSSR count). The summed E-state index contributed by atoms with van der Waals surface area (Å²) in [6, 6.07) is 8.07. The van der Waals surface area contributed by atoms with Crippen LogP contribution in [0.15, 0.2) is 46.0 Å². The molecule has 1 heterocycles. The van der Waals surface area contributed by atoms with Crippen LogP contribution in [0.3, 0.4) is 0 Å². The summed E-state index contributed by atoms with van der Waals surface area (Å²) in [7, 11) is 1.87. The zero-order valence-electron chi connectivity index (χ0n) is 12.0. The van der Waals surface area contributed by atoms with E-state index in [1.54, 1.807) is 12.1 Å². The van der Waals surface area contributed by atoms with Crippen molar-refractivity contribution in [3.05, 3.63) is 58.1 Å². The first-order chi connectivity index (χ1) is 9.51. The van der Waals surface area contributed by atoms with Crippen LogP contribution in [0.2, 0.25) is 0 Å². The minimum Gasteiger partial charge on any atom is -0.456 e. The molecule has 3 heteroatoms. The van der Waals surface area contributed by atoms with E-state index in [9.17, 15) is 4.39 Å². The lowest BCUT2D eigenvalue weighted by atomic mass is 10.2. The summed E-state index contributed by atoms with van der Waals surface area (Å²) in [4.78, 5) is 0. The Morgan fingerprint density at radius 3 is 2.45 bits per heavy atom. The van der Waals surface area contributed by atoms with E-state index in [-0.39, 0.29) is 5.82 Å². The molecule has 0 fully saturated rings. The van der Waals surface area contributed by atoms with Crippen molar-refractivity contribution in [1.29, 1.82) is 0 Å². The Bertz CT molecular complexity index is 734. The quantitative estimate of drug-likeness (QED) is 0.928. The van der Waals surface area contributed by atoms with Crippen LogP contribution in [-0.2, 0) is 0 Å². The summed E-state index contributed by atoms with van der Waals surface area (Å²) in [5, 5.41) is 3.92. The molecule has 0 aliphatic rings. The summed E-state index contributed by atoms with van der Waals surface area (Å²) in [5.74, 6) is 0.425. The van der Waals surface area contributed by atoms with Gasteiger partial charge in [0.05, 0.1) is 0 Å². The third-order valence-electron chi connectivity index (χ3n) is 3.05. The van der Waals surface area contributed by atoms with E-state index >= 15 is 0 Å². The van der Waals surface area contributed by atoms with E-state index in [0.717, 1.165) is 22.1 Å². The second-order valence-corrected chi connectivity index (χ2v) is 4.82. The van der Waals surface area contributed by atoms with Gasteiger partial charge in [-0.05, 0) is 44.2 Å². The van der Waals surface area contributed by atoms with Crippen molar-refractivity contribution in [2.45, 2.75) is 13.8 Å². The predicted molar refractivity (Wildman–Crippen MR) is 80.8 cm³/mol. The zero-order chi connectivity index (χ0) is 14.7. The molecule has 0 radical (unpaired) electrons. The summed E-state index contributed by atoms with van der Waals surface area (Å²) in [6.07, 6.45) is 1.92. The van der Waals surface area contributed by atoms with Gasteiger partial charge in [-0.25, -0.2) is 4.39 Å². The molecule has 0 saturated heterocycles. The Kier molecular flexibility index (Phi) is 4.08. The first kappa shape index (κ1) is 14.1. The standard InChI is InChI=1S/C17H18FNO/c1-11(2)15(19-4)10-16-12(3)9-17(20-16)13-5-7-14(18)8-6-13/h5-10,19H,3H2,1-2,4H3/b16-10+. The minimum absolute atomic E-state index is 0.260. The van der Waals surface area contributed by atoms with Crippen LogP contribution in [0.4, 0.5) is 4.39 Å². The van der Waals surface area contributed by atoms with Crippen molar-refractivity contribution in [1.82, 2.24) is 5.32 Å². The summed E-state index contributed by atoms with van der Waals surface area (Å²) in [5.41, 5.74) is 3.69. The Morgan fingerprint density at radius 2 is 1.90 bits per heavy atom. The smallest absolute Gasteiger partial charge is 0.136 e. The van der Waals surface area contributed by atoms with E-state index in [2.05, 4.69) is 11.9 Å². The highest BCUT2D eigenvalue weighted by molar-refractivity contribution is 5.58. The minimum atomic E-state index is -0.260. The van der Waals surface area contributed by atoms with Crippen LogP contribution in [0, 0.1) is 5.82 Å². The van der Waals surface area contributed by atoms with Crippen molar-refractivity contribution in [2.75, 3.05) is 7.05 Å². The summed E-state index contributed by atoms with van der Waals surface area (Å²) >= 11 is 0. The number of rotatable bonds is 3. The Morgan fingerprint density at radius 1 is 1.25 bits per heavy atom. The topological polar surface area (TPSA) is 25.2 Å². The van der Waals surface area contributed by atoms with Gasteiger partial charge in [-0.2, -0.15) is 0 Å². The molecule has 0 saturated carbocycles. The highest BCUT2D eigenvalue weighted by Gasteiger charge is 2.03. The number of hydrogen-bond donors (Lipinski definition) is 1. The van der Waals surface area contributed by atoms with Gasteiger partial charge in [-0.15, -0.1) is 0 Å². The molecule has 1 aromatic heterocycles. The van der Waals surface area contributed by atoms with Crippen molar-refractivity contribution in [3.8, 4) is 11.3 Å². The molecule has 0 aliphatic heterocycles. The maximum absolute atomic E-state index is 12.9. The lowest BCUT2D eigenvalue weighted by Gasteiger charge is -2.01. The number of benzene rings is 1. The SMILES string of the molecule is C=c1cc(-c2ccc(F)cc2)o/c1=C/C(NC)=C(C)C. The van der Waals surface area contributed by atoms with Gasteiger partial charge in [-0.1, -0.05) is 12.2 Å². The first-order valence-electron chi connectivity index (χ1n) is 6.43. The molecule has 2 aromatic rings. The number of halogens is 1. The van der Waals surface area contributed by atoms with Gasteiger partial charge in [0.1, 0.15) is 17.0 Å². The molecule has 1 aromatic carbocycles. The Balaban J connectivity index is 2.50. The summed E-state index contributed by atoms with van der Waals surface area (Å²) < 4.78 is 18.7. The number of allylic oxidation sites excluding steroid dienone is 2. The van der Waals surface area contributed by atoms with Gasteiger partial charge >= 0.3 is 0 Å². The van der Waals surface area contributed by atoms with E-state index in [1.165, 1.54) is 12.1 Å². The maximum atomic E-state index is 12.9. The number of hydrogen-bond acceptors (Lipinski definition) is 2. The second kappa shape index (κ2) is 5.78. The monoisotopic (exact) mass is 271 g/mol. The molecule has 20 heavy (non-hydrogen) atoms. The molecule has 0 atom stereocenters. The molecule has 0 unspecified atom stereocenters. The van der Waals surface area contributed by atoms with Crippen LogP contribution in [-0.4, -0.2) is 7.05 Å². The maximum Gasteiger partial charge on any atom is 0.136 e. The lowest BCUT2D eigenvalue weighted by Crippen LogP contribution is -2.19. The van der Waals surface area contributed by atoms with Crippen LogP contribution < -0.4 is 16.0 Å². The van der Waals surface area contributed by atoms with Crippen LogP contribution in [0.1, 0.15) is 13.8 Å². The van der Waals surface area contributed by atoms with Crippen molar-refractivity contribution in [3.63, 3.8) is 0 Å². The predicted octanol–water partition coefficient (Wildman–Crippen LogP) is 2.79. The van der Waals surface area contributed by atoms with Gasteiger partial charge < -0.3 is 9.73 Å². The van der Waals surface area contributed by atoms with Gasteiger partial charge in [-0.3, -0.25) is 0 Å². The molecular weight excluding hydrogens is 253 g/mol. The van der Waals surface area contributed by atoms with Crippen LogP contribution >= 0.6 is 0 Å². The molecular formula is C17H18FNO. The number of nitrogens with one attached hydrogen (secondary N) is 1. The normalized spacial score (nSPS) is 11.5. The molecule has 1 N–H and O–H groups in total. The fourth-order valence-electron chi connectivity index (χ4n) is 1.92. The van der Waals surface area contributed by atoms with Gasteiger partial charge in [0.15, 0.2) is 0 Å². The Hall–Kier alpha value is -2.29. The van der Waals surface area contributed by atoms with E-state index in [4.69, 9.17) is 4.42 Å². The van der Waals surface area contributed by atoms with Gasteiger partial charge in [0.25, 0.3) is 0 Å². The van der Waals surface area contributed by atoms with E-state index < -0.39 is 0 Å². The molecule has 0 amide bonds. The van der Waals surface area contributed by atoms with Gasteiger partial charge in [0, 0.05) is 29.6 Å². The molecule has 0 bridgehead atoms. The molecule has 104 valence electrons. The van der Waals surface area contributed by atoms with Crippen LogP contribution in [0.5, 0.6) is 0 Å². The van der Waals surface area contributed by atoms with E-state index in [0.29, 0.717) is 11.2 Å².